The number of thiophene rings is 1. The molecule has 0 atom stereocenters. The molecule has 0 aromatic carbocycles. The highest BCUT2D eigenvalue weighted by atomic mass is 32.1. The van der Waals surface area contributed by atoms with Gasteiger partial charge >= 0.3 is 0 Å². The van der Waals surface area contributed by atoms with Gasteiger partial charge in [0, 0.05) is 5.38 Å². The lowest BCUT2D eigenvalue weighted by molar-refractivity contribution is 1.29. The monoisotopic (exact) mass is 216 g/mol. The van der Waals surface area contributed by atoms with Gasteiger partial charge in [0.05, 0.1) is 23.1 Å². The zero-order chi connectivity index (χ0) is 10.7. The van der Waals surface area contributed by atoms with Crippen LogP contribution in [-0.4, -0.2) is 4.98 Å². The Morgan fingerprint density at radius 1 is 1.53 bits per heavy atom. The van der Waals surface area contributed by atoms with E-state index in [9.17, 15) is 0 Å². The summed E-state index contributed by atoms with van der Waals surface area (Å²) < 4.78 is 0. The first kappa shape index (κ1) is 9.49. The topological polar surface area (TPSA) is 74.7 Å². The Kier molecular flexibility index (Phi) is 2.52. The second kappa shape index (κ2) is 3.98. The standard InChI is InChI=1S/C10H8N4S/c11-4-7-3-8(12)5-13-10(7)14-9-1-2-15-6-9/h1-3,5-6H,12H2,(H,13,14). The van der Waals surface area contributed by atoms with Crippen molar-refractivity contribution in [3.63, 3.8) is 0 Å². The van der Waals surface area contributed by atoms with Crippen LogP contribution in [0.2, 0.25) is 0 Å². The van der Waals surface area contributed by atoms with Crippen molar-refractivity contribution in [3.8, 4) is 6.07 Å². The van der Waals surface area contributed by atoms with Gasteiger partial charge in [-0.25, -0.2) is 4.98 Å². The summed E-state index contributed by atoms with van der Waals surface area (Å²) in [7, 11) is 0. The number of rotatable bonds is 2. The van der Waals surface area contributed by atoms with Gasteiger partial charge in [0.1, 0.15) is 11.9 Å². The maximum absolute atomic E-state index is 8.89. The van der Waals surface area contributed by atoms with Crippen molar-refractivity contribution in [2.24, 2.45) is 0 Å². The van der Waals surface area contributed by atoms with Gasteiger partial charge in [-0.3, -0.25) is 0 Å². The first-order chi connectivity index (χ1) is 7.29. The smallest absolute Gasteiger partial charge is 0.148 e. The van der Waals surface area contributed by atoms with Crippen LogP contribution in [0.5, 0.6) is 0 Å². The van der Waals surface area contributed by atoms with E-state index in [1.54, 1.807) is 17.4 Å². The Hall–Kier alpha value is -2.06. The second-order valence-electron chi connectivity index (χ2n) is 2.91. The lowest BCUT2D eigenvalue weighted by Crippen LogP contribution is -1.97. The molecule has 0 amide bonds. The predicted octanol–water partition coefficient (Wildman–Crippen LogP) is 2.34. The molecule has 15 heavy (non-hydrogen) atoms. The largest absolute Gasteiger partial charge is 0.397 e. The molecule has 0 fully saturated rings. The van der Waals surface area contributed by atoms with Crippen LogP contribution in [0, 0.1) is 11.3 Å². The quantitative estimate of drug-likeness (QED) is 0.808. The SMILES string of the molecule is N#Cc1cc(N)cnc1Nc1ccsc1. The fraction of sp³-hybridized carbons (Fsp3) is 0. The number of nitrogens with zero attached hydrogens (tertiary/aromatic N) is 2. The third kappa shape index (κ3) is 2.06. The molecule has 0 aliphatic heterocycles. The van der Waals surface area contributed by atoms with Gasteiger partial charge in [0.25, 0.3) is 0 Å². The molecule has 0 aliphatic rings. The summed E-state index contributed by atoms with van der Waals surface area (Å²) >= 11 is 1.58. The molecule has 0 saturated heterocycles. The van der Waals surface area contributed by atoms with E-state index in [-0.39, 0.29) is 0 Å². The van der Waals surface area contributed by atoms with Crippen molar-refractivity contribution in [2.45, 2.75) is 0 Å². The molecule has 74 valence electrons. The molecule has 0 saturated carbocycles. The van der Waals surface area contributed by atoms with E-state index in [0.29, 0.717) is 17.1 Å². The highest BCUT2D eigenvalue weighted by Gasteiger charge is 2.04. The number of anilines is 3. The average molecular weight is 216 g/mol. The second-order valence-corrected chi connectivity index (χ2v) is 3.69. The van der Waals surface area contributed by atoms with E-state index in [4.69, 9.17) is 11.0 Å². The van der Waals surface area contributed by atoms with Gasteiger partial charge in [0.15, 0.2) is 0 Å². The molecule has 0 bridgehead atoms. The van der Waals surface area contributed by atoms with Gasteiger partial charge in [-0.1, -0.05) is 0 Å². The number of hydrogen-bond donors (Lipinski definition) is 2. The minimum atomic E-state index is 0.446. The zero-order valence-corrected chi connectivity index (χ0v) is 8.58. The summed E-state index contributed by atoms with van der Waals surface area (Å²) in [6.45, 7) is 0. The zero-order valence-electron chi connectivity index (χ0n) is 7.77. The maximum Gasteiger partial charge on any atom is 0.148 e. The molecule has 2 rings (SSSR count). The number of nitrogens with one attached hydrogen (secondary N) is 1. The van der Waals surface area contributed by atoms with Gasteiger partial charge in [-0.2, -0.15) is 16.6 Å². The lowest BCUT2D eigenvalue weighted by atomic mass is 10.2. The van der Waals surface area contributed by atoms with Crippen LogP contribution in [0.25, 0.3) is 0 Å². The summed E-state index contributed by atoms with van der Waals surface area (Å²) in [6.07, 6.45) is 1.52. The van der Waals surface area contributed by atoms with Gasteiger partial charge in [0.2, 0.25) is 0 Å². The maximum atomic E-state index is 8.89. The summed E-state index contributed by atoms with van der Waals surface area (Å²) in [6, 6.07) is 5.57. The van der Waals surface area contributed by atoms with Gasteiger partial charge in [-0.15, -0.1) is 0 Å². The number of hydrogen-bond acceptors (Lipinski definition) is 5. The van der Waals surface area contributed by atoms with Crippen molar-refractivity contribution in [2.75, 3.05) is 11.1 Å². The highest BCUT2D eigenvalue weighted by Crippen LogP contribution is 2.21. The van der Waals surface area contributed by atoms with E-state index >= 15 is 0 Å². The van der Waals surface area contributed by atoms with Crippen LogP contribution in [0.4, 0.5) is 17.2 Å². The van der Waals surface area contributed by atoms with Gasteiger partial charge in [-0.05, 0) is 17.5 Å². The van der Waals surface area contributed by atoms with Crippen LogP contribution in [-0.2, 0) is 0 Å². The Labute approximate surface area is 91.0 Å². The molecule has 2 aromatic heterocycles. The molecule has 0 spiro atoms. The van der Waals surface area contributed by atoms with Crippen molar-refractivity contribution in [1.29, 1.82) is 5.26 Å². The van der Waals surface area contributed by atoms with Crippen LogP contribution in [0.15, 0.2) is 29.1 Å². The molecule has 3 N–H and O–H groups in total. The van der Waals surface area contributed by atoms with Crippen LogP contribution in [0.1, 0.15) is 5.56 Å². The molecule has 0 unspecified atom stereocenters. The Morgan fingerprint density at radius 2 is 2.40 bits per heavy atom. The average Bonchev–Trinajstić information content (AvgIpc) is 2.73. The first-order valence-corrected chi connectivity index (χ1v) is 5.19. The van der Waals surface area contributed by atoms with Gasteiger partial charge < -0.3 is 11.1 Å². The van der Waals surface area contributed by atoms with Crippen molar-refractivity contribution >= 4 is 28.5 Å². The minimum Gasteiger partial charge on any atom is -0.397 e. The van der Waals surface area contributed by atoms with E-state index in [2.05, 4.69) is 10.3 Å². The number of pyridine rings is 1. The predicted molar refractivity (Wildman–Crippen MR) is 61.0 cm³/mol. The highest BCUT2D eigenvalue weighted by molar-refractivity contribution is 7.08. The summed E-state index contributed by atoms with van der Waals surface area (Å²) in [5.74, 6) is 0.533. The van der Waals surface area contributed by atoms with E-state index in [1.165, 1.54) is 6.20 Å². The molecule has 2 aromatic rings. The Balaban J connectivity index is 2.33. The van der Waals surface area contributed by atoms with Crippen molar-refractivity contribution < 1.29 is 0 Å². The molecule has 5 heteroatoms. The first-order valence-electron chi connectivity index (χ1n) is 4.24. The van der Waals surface area contributed by atoms with E-state index < -0.39 is 0 Å². The van der Waals surface area contributed by atoms with Crippen LogP contribution in [0.3, 0.4) is 0 Å². The summed E-state index contributed by atoms with van der Waals surface area (Å²) in [5.41, 5.74) is 7.40. The molecule has 4 nitrogen and oxygen atoms in total. The number of nitriles is 1. The van der Waals surface area contributed by atoms with E-state index in [0.717, 1.165) is 5.69 Å². The number of nitrogens with two attached hydrogens (primary N) is 1. The molecule has 0 radical (unpaired) electrons. The third-order valence-corrected chi connectivity index (χ3v) is 2.50. The van der Waals surface area contributed by atoms with Crippen LogP contribution >= 0.6 is 11.3 Å². The Morgan fingerprint density at radius 3 is 3.07 bits per heavy atom. The lowest BCUT2D eigenvalue weighted by Gasteiger charge is -2.04. The normalized spacial score (nSPS) is 9.53. The van der Waals surface area contributed by atoms with Crippen LogP contribution < -0.4 is 11.1 Å². The number of nitrogen functional groups attached to an aromatic ring is 1. The Bertz CT molecular complexity index is 499. The number of aromatic nitrogens is 1. The fourth-order valence-corrected chi connectivity index (χ4v) is 1.73. The molecule has 2 heterocycles. The van der Waals surface area contributed by atoms with Crippen molar-refractivity contribution in [1.82, 2.24) is 4.98 Å². The summed E-state index contributed by atoms with van der Waals surface area (Å²) in [4.78, 5) is 4.07. The summed E-state index contributed by atoms with van der Waals surface area (Å²) in [5, 5.41) is 15.8. The van der Waals surface area contributed by atoms with Crippen molar-refractivity contribution in [3.05, 3.63) is 34.7 Å². The van der Waals surface area contributed by atoms with E-state index in [1.807, 2.05) is 22.9 Å². The fourth-order valence-electron chi connectivity index (χ4n) is 1.14. The molecular weight excluding hydrogens is 208 g/mol. The molecular formula is C10H8N4S. The third-order valence-electron chi connectivity index (χ3n) is 1.81. The molecule has 0 aliphatic carbocycles. The minimum absolute atomic E-state index is 0.446.